The van der Waals surface area contributed by atoms with E-state index < -0.39 is 0 Å². The van der Waals surface area contributed by atoms with E-state index in [1.54, 1.807) is 13.3 Å². The molecule has 0 spiro atoms. The van der Waals surface area contributed by atoms with Crippen molar-refractivity contribution in [1.29, 1.82) is 0 Å². The minimum atomic E-state index is 0.575. The standard InChI is InChI=1S/C13H13NO2/c1-9(2)13-14-8-12(16-13)10-4-6-11(15-3)7-5-10/h4-8H,1H2,2-3H3. The number of hydrogen-bond donors (Lipinski definition) is 0. The molecule has 1 heterocycles. The maximum absolute atomic E-state index is 5.55. The topological polar surface area (TPSA) is 35.3 Å². The van der Waals surface area contributed by atoms with Gasteiger partial charge in [-0.3, -0.25) is 0 Å². The van der Waals surface area contributed by atoms with Crippen molar-refractivity contribution >= 4 is 5.57 Å². The Morgan fingerprint density at radius 2 is 2.00 bits per heavy atom. The van der Waals surface area contributed by atoms with Crippen LogP contribution in [-0.2, 0) is 0 Å². The van der Waals surface area contributed by atoms with Gasteiger partial charge in [0, 0.05) is 11.1 Å². The van der Waals surface area contributed by atoms with Crippen molar-refractivity contribution in [2.75, 3.05) is 7.11 Å². The smallest absolute Gasteiger partial charge is 0.221 e. The molecule has 0 aliphatic carbocycles. The van der Waals surface area contributed by atoms with Crippen molar-refractivity contribution in [1.82, 2.24) is 4.98 Å². The number of allylic oxidation sites excluding steroid dienone is 1. The zero-order valence-corrected chi connectivity index (χ0v) is 9.36. The average Bonchev–Trinajstić information content (AvgIpc) is 2.78. The summed E-state index contributed by atoms with van der Waals surface area (Å²) >= 11 is 0. The van der Waals surface area contributed by atoms with E-state index in [-0.39, 0.29) is 0 Å². The third kappa shape index (κ3) is 1.98. The molecule has 3 nitrogen and oxygen atoms in total. The van der Waals surface area contributed by atoms with Gasteiger partial charge in [-0.1, -0.05) is 6.58 Å². The molecule has 0 fully saturated rings. The first-order valence-electron chi connectivity index (χ1n) is 4.97. The lowest BCUT2D eigenvalue weighted by molar-refractivity contribution is 0.415. The summed E-state index contributed by atoms with van der Waals surface area (Å²) in [7, 11) is 1.64. The molecule has 0 N–H and O–H groups in total. The van der Waals surface area contributed by atoms with Crippen LogP contribution < -0.4 is 4.74 Å². The highest BCUT2D eigenvalue weighted by Crippen LogP contribution is 2.24. The second-order valence-electron chi connectivity index (χ2n) is 3.54. The summed E-state index contributed by atoms with van der Waals surface area (Å²) in [6.45, 7) is 5.65. The lowest BCUT2D eigenvalue weighted by Gasteiger charge is -2.00. The summed E-state index contributed by atoms with van der Waals surface area (Å²) in [5.74, 6) is 2.13. The molecule has 1 aromatic carbocycles. The van der Waals surface area contributed by atoms with Crippen LogP contribution in [0, 0.1) is 0 Å². The van der Waals surface area contributed by atoms with Gasteiger partial charge in [-0.15, -0.1) is 0 Å². The highest BCUT2D eigenvalue weighted by Gasteiger charge is 2.06. The monoisotopic (exact) mass is 215 g/mol. The highest BCUT2D eigenvalue weighted by atomic mass is 16.5. The summed E-state index contributed by atoms with van der Waals surface area (Å²) in [6, 6.07) is 7.64. The number of methoxy groups -OCH3 is 1. The molecule has 3 heteroatoms. The van der Waals surface area contributed by atoms with E-state index >= 15 is 0 Å². The maximum Gasteiger partial charge on any atom is 0.221 e. The van der Waals surface area contributed by atoms with Gasteiger partial charge in [-0.25, -0.2) is 4.98 Å². The number of nitrogens with zero attached hydrogens (tertiary/aromatic N) is 1. The van der Waals surface area contributed by atoms with E-state index in [1.165, 1.54) is 0 Å². The van der Waals surface area contributed by atoms with E-state index in [0.29, 0.717) is 5.89 Å². The van der Waals surface area contributed by atoms with Gasteiger partial charge >= 0.3 is 0 Å². The van der Waals surface area contributed by atoms with Gasteiger partial charge in [0.2, 0.25) is 5.89 Å². The predicted molar refractivity (Wildman–Crippen MR) is 63.2 cm³/mol. The molecular weight excluding hydrogens is 202 g/mol. The molecule has 2 rings (SSSR count). The first kappa shape index (κ1) is 10.5. The molecule has 0 aliphatic heterocycles. The summed E-state index contributed by atoms with van der Waals surface area (Å²) in [4.78, 5) is 4.14. The number of aromatic nitrogens is 1. The lowest BCUT2D eigenvalue weighted by Crippen LogP contribution is -1.81. The molecule has 1 aromatic heterocycles. The van der Waals surface area contributed by atoms with Crippen molar-refractivity contribution in [3.8, 4) is 17.1 Å². The fourth-order valence-electron chi connectivity index (χ4n) is 1.36. The molecule has 0 radical (unpaired) electrons. The Kier molecular flexibility index (Phi) is 2.77. The number of rotatable bonds is 3. The van der Waals surface area contributed by atoms with Gasteiger partial charge < -0.3 is 9.15 Å². The Hall–Kier alpha value is -2.03. The van der Waals surface area contributed by atoms with E-state index in [4.69, 9.17) is 9.15 Å². The van der Waals surface area contributed by atoms with Crippen LogP contribution in [-0.4, -0.2) is 12.1 Å². The van der Waals surface area contributed by atoms with Crippen LogP contribution in [0.2, 0.25) is 0 Å². The fraction of sp³-hybridized carbons (Fsp3) is 0.154. The van der Waals surface area contributed by atoms with Crippen molar-refractivity contribution in [2.45, 2.75) is 6.92 Å². The molecule has 0 unspecified atom stereocenters. The molecule has 0 bridgehead atoms. The van der Waals surface area contributed by atoms with E-state index in [2.05, 4.69) is 11.6 Å². The molecule has 0 amide bonds. The van der Waals surface area contributed by atoms with Crippen LogP contribution in [0.4, 0.5) is 0 Å². The van der Waals surface area contributed by atoms with Crippen LogP contribution in [0.5, 0.6) is 5.75 Å². The van der Waals surface area contributed by atoms with Gasteiger partial charge in [0.1, 0.15) is 5.75 Å². The van der Waals surface area contributed by atoms with Crippen molar-refractivity contribution < 1.29 is 9.15 Å². The normalized spacial score (nSPS) is 10.1. The Bertz CT molecular complexity index is 497. The first-order valence-corrected chi connectivity index (χ1v) is 4.97. The Labute approximate surface area is 94.4 Å². The van der Waals surface area contributed by atoms with Crippen LogP contribution in [0.3, 0.4) is 0 Å². The third-order valence-corrected chi connectivity index (χ3v) is 2.25. The fourth-order valence-corrected chi connectivity index (χ4v) is 1.36. The Balaban J connectivity index is 2.31. The molecule has 0 atom stereocenters. The van der Waals surface area contributed by atoms with Crippen LogP contribution >= 0.6 is 0 Å². The second-order valence-corrected chi connectivity index (χ2v) is 3.54. The molecule has 0 saturated heterocycles. The molecule has 0 saturated carbocycles. The first-order chi connectivity index (χ1) is 7.70. The molecule has 0 aliphatic rings. The maximum atomic E-state index is 5.55. The summed E-state index contributed by atoms with van der Waals surface area (Å²) in [6.07, 6.45) is 1.70. The largest absolute Gasteiger partial charge is 0.497 e. The van der Waals surface area contributed by atoms with Crippen LogP contribution in [0.15, 0.2) is 41.5 Å². The zero-order valence-electron chi connectivity index (χ0n) is 9.36. The van der Waals surface area contributed by atoms with Crippen LogP contribution in [0.1, 0.15) is 12.8 Å². The van der Waals surface area contributed by atoms with Gasteiger partial charge in [0.25, 0.3) is 0 Å². The third-order valence-electron chi connectivity index (χ3n) is 2.25. The van der Waals surface area contributed by atoms with Crippen molar-refractivity contribution in [3.63, 3.8) is 0 Å². The average molecular weight is 215 g/mol. The number of hydrogen-bond acceptors (Lipinski definition) is 3. The van der Waals surface area contributed by atoms with E-state index in [9.17, 15) is 0 Å². The molecule has 16 heavy (non-hydrogen) atoms. The minimum absolute atomic E-state index is 0.575. The summed E-state index contributed by atoms with van der Waals surface area (Å²) in [5.41, 5.74) is 1.79. The summed E-state index contributed by atoms with van der Waals surface area (Å²) in [5, 5.41) is 0. The minimum Gasteiger partial charge on any atom is -0.497 e. The van der Waals surface area contributed by atoms with E-state index in [1.807, 2.05) is 31.2 Å². The Morgan fingerprint density at radius 3 is 2.50 bits per heavy atom. The second kappa shape index (κ2) is 4.23. The summed E-state index contributed by atoms with van der Waals surface area (Å²) < 4.78 is 10.6. The number of ether oxygens (including phenoxy) is 1. The van der Waals surface area contributed by atoms with Crippen molar-refractivity contribution in [3.05, 3.63) is 42.9 Å². The van der Waals surface area contributed by atoms with E-state index in [0.717, 1.165) is 22.6 Å². The lowest BCUT2D eigenvalue weighted by atomic mass is 10.2. The molecule has 82 valence electrons. The van der Waals surface area contributed by atoms with Gasteiger partial charge in [-0.2, -0.15) is 0 Å². The number of oxazole rings is 1. The quantitative estimate of drug-likeness (QED) is 0.787. The predicted octanol–water partition coefficient (Wildman–Crippen LogP) is 3.38. The SMILES string of the molecule is C=C(C)c1ncc(-c2ccc(OC)cc2)o1. The molecular formula is C13H13NO2. The van der Waals surface area contributed by atoms with Crippen molar-refractivity contribution in [2.24, 2.45) is 0 Å². The van der Waals surface area contributed by atoms with Gasteiger partial charge in [0.15, 0.2) is 5.76 Å². The van der Waals surface area contributed by atoms with Gasteiger partial charge in [0.05, 0.1) is 13.3 Å². The zero-order chi connectivity index (χ0) is 11.5. The highest BCUT2D eigenvalue weighted by molar-refractivity contribution is 5.60. The van der Waals surface area contributed by atoms with Gasteiger partial charge in [-0.05, 0) is 31.2 Å². The van der Waals surface area contributed by atoms with Crippen LogP contribution in [0.25, 0.3) is 16.9 Å². The number of benzene rings is 1. The Morgan fingerprint density at radius 1 is 1.31 bits per heavy atom. The molecule has 2 aromatic rings.